The zero-order chi connectivity index (χ0) is 28.7. The first-order chi connectivity index (χ1) is 19.7. The van der Waals surface area contributed by atoms with Crippen LogP contribution < -0.4 is 9.46 Å². The van der Waals surface area contributed by atoms with Crippen LogP contribution in [0.25, 0.3) is 22.2 Å². The highest BCUT2D eigenvalue weighted by Gasteiger charge is 2.32. The summed E-state index contributed by atoms with van der Waals surface area (Å²) in [5, 5.41) is 1.14. The molecule has 9 nitrogen and oxygen atoms in total. The average molecular weight is 580 g/mol. The van der Waals surface area contributed by atoms with Gasteiger partial charge in [-0.15, -0.1) is 0 Å². The first kappa shape index (κ1) is 28.2. The molecular weight excluding hydrogens is 538 g/mol. The van der Waals surface area contributed by atoms with E-state index in [-0.39, 0.29) is 12.6 Å². The Morgan fingerprint density at radius 1 is 0.927 bits per heavy atom. The van der Waals surface area contributed by atoms with E-state index in [1.54, 1.807) is 6.07 Å². The summed E-state index contributed by atoms with van der Waals surface area (Å²) in [6.45, 7) is 3.68. The normalized spacial score (nSPS) is 23.6. The molecule has 41 heavy (non-hydrogen) atoms. The number of ether oxygens (including phenoxy) is 1. The summed E-state index contributed by atoms with van der Waals surface area (Å²) in [7, 11) is 1.66. The summed E-state index contributed by atoms with van der Waals surface area (Å²) in [5.41, 5.74) is 4.89. The zero-order valence-electron chi connectivity index (χ0n) is 24.3. The van der Waals surface area contributed by atoms with Crippen molar-refractivity contribution in [2.75, 3.05) is 53.9 Å². The predicted molar refractivity (Wildman–Crippen MR) is 162 cm³/mol. The molecule has 220 valence electrons. The van der Waals surface area contributed by atoms with Gasteiger partial charge in [0.2, 0.25) is 0 Å². The summed E-state index contributed by atoms with van der Waals surface area (Å²) in [5.74, 6) is 0.685. The Kier molecular flexibility index (Phi) is 7.84. The van der Waals surface area contributed by atoms with Crippen LogP contribution in [0.15, 0.2) is 42.5 Å². The van der Waals surface area contributed by atoms with Crippen molar-refractivity contribution in [2.24, 2.45) is 0 Å². The monoisotopic (exact) mass is 579 g/mol. The number of carbonyl (C=O) groups excluding carboxylic acids is 1. The molecule has 0 radical (unpaired) electrons. The van der Waals surface area contributed by atoms with Crippen molar-refractivity contribution in [2.45, 2.75) is 50.6 Å². The Balaban J connectivity index is 1.58. The Labute approximate surface area is 243 Å². The molecule has 1 atom stereocenters. The highest BCUT2D eigenvalue weighted by molar-refractivity contribution is 7.87. The van der Waals surface area contributed by atoms with Gasteiger partial charge in [0.05, 0.1) is 11.7 Å². The predicted octanol–water partition coefficient (Wildman–Crippen LogP) is 3.90. The van der Waals surface area contributed by atoms with E-state index in [0.717, 1.165) is 48.1 Å². The van der Waals surface area contributed by atoms with Crippen LogP contribution in [0.4, 0.5) is 0 Å². The lowest BCUT2D eigenvalue weighted by molar-refractivity contribution is 0.0979. The van der Waals surface area contributed by atoms with Crippen molar-refractivity contribution in [1.82, 2.24) is 23.4 Å². The molecule has 3 aromatic rings. The molecule has 2 aliphatic heterocycles. The summed E-state index contributed by atoms with van der Waals surface area (Å²) in [4.78, 5) is 17.8. The molecule has 1 unspecified atom stereocenters. The van der Waals surface area contributed by atoms with E-state index < -0.39 is 16.1 Å². The number of carbonyl (C=O) groups is 1. The molecule has 6 rings (SSSR count). The van der Waals surface area contributed by atoms with Crippen LogP contribution in [0.2, 0.25) is 0 Å². The molecule has 1 fully saturated rings. The van der Waals surface area contributed by atoms with Crippen LogP contribution in [0, 0.1) is 0 Å². The SMILES string of the molecule is CN1CCN(C)C2COc3ccccc3-c3c(C4CCCCC4)c4ccc(cc4n3C2)C(=O)NS(=O)(=O)N(C)CC1. The molecule has 0 saturated heterocycles. The number of nitrogens with one attached hydrogen (secondary N) is 1. The third-order valence-corrected chi connectivity index (χ3v) is 10.7. The minimum Gasteiger partial charge on any atom is -0.491 e. The van der Waals surface area contributed by atoms with E-state index in [4.69, 9.17) is 4.74 Å². The lowest BCUT2D eigenvalue weighted by atomic mass is 9.81. The second-order valence-corrected chi connectivity index (χ2v) is 13.7. The number of fused-ring (bicyclic) bond motifs is 4. The maximum atomic E-state index is 13.4. The van der Waals surface area contributed by atoms with Gasteiger partial charge in [-0.3, -0.25) is 9.69 Å². The third kappa shape index (κ3) is 5.50. The van der Waals surface area contributed by atoms with Gasteiger partial charge in [0, 0.05) is 61.8 Å². The van der Waals surface area contributed by atoms with Crippen molar-refractivity contribution in [3.8, 4) is 17.0 Å². The first-order valence-electron chi connectivity index (χ1n) is 14.8. The van der Waals surface area contributed by atoms with Gasteiger partial charge in [0.1, 0.15) is 12.4 Å². The average Bonchev–Trinajstić information content (AvgIpc) is 3.27. The smallest absolute Gasteiger partial charge is 0.303 e. The number of likely N-dealkylation sites (N-methyl/N-ethyl adjacent to an activating group) is 3. The molecule has 0 spiro atoms. The molecular formula is C31H41N5O4S. The summed E-state index contributed by atoms with van der Waals surface area (Å²) >= 11 is 0. The molecule has 10 heteroatoms. The number of nitrogens with zero attached hydrogens (tertiary/aromatic N) is 4. The number of hydrogen-bond donors (Lipinski definition) is 1. The molecule has 1 N–H and O–H groups in total. The molecule has 1 saturated carbocycles. The number of aromatic nitrogens is 1. The zero-order valence-corrected chi connectivity index (χ0v) is 25.1. The summed E-state index contributed by atoms with van der Waals surface area (Å²) < 4.78 is 38.5. The second-order valence-electron chi connectivity index (χ2n) is 11.9. The number of benzene rings is 2. The first-order valence-corrected chi connectivity index (χ1v) is 16.2. The van der Waals surface area contributed by atoms with Gasteiger partial charge in [-0.05, 0) is 62.7 Å². The molecule has 1 aliphatic carbocycles. The van der Waals surface area contributed by atoms with Crippen molar-refractivity contribution in [3.05, 3.63) is 53.6 Å². The van der Waals surface area contributed by atoms with Crippen LogP contribution >= 0.6 is 0 Å². The van der Waals surface area contributed by atoms with Crippen LogP contribution in [-0.2, 0) is 16.8 Å². The summed E-state index contributed by atoms with van der Waals surface area (Å²) in [6, 6.07) is 14.1. The van der Waals surface area contributed by atoms with E-state index in [9.17, 15) is 13.2 Å². The molecule has 4 bridgehead atoms. The maximum Gasteiger partial charge on any atom is 0.303 e. The molecule has 3 aliphatic rings. The highest BCUT2D eigenvalue weighted by Crippen LogP contribution is 2.47. The van der Waals surface area contributed by atoms with E-state index in [1.807, 2.05) is 25.2 Å². The fraction of sp³-hybridized carbons (Fsp3) is 0.516. The number of para-hydroxylation sites is 1. The maximum absolute atomic E-state index is 13.4. The Hall–Kier alpha value is -2.92. The lowest BCUT2D eigenvalue weighted by Crippen LogP contribution is -2.46. The van der Waals surface area contributed by atoms with Crippen LogP contribution in [0.5, 0.6) is 5.75 Å². The van der Waals surface area contributed by atoms with Crippen LogP contribution in [-0.4, -0.2) is 93.0 Å². The van der Waals surface area contributed by atoms with Crippen LogP contribution in [0.3, 0.4) is 0 Å². The topological polar surface area (TPSA) is 87.1 Å². The second kappa shape index (κ2) is 11.4. The highest BCUT2D eigenvalue weighted by atomic mass is 32.2. The van der Waals surface area contributed by atoms with Crippen LogP contribution in [0.1, 0.15) is 53.9 Å². The van der Waals surface area contributed by atoms with E-state index >= 15 is 0 Å². The fourth-order valence-corrected chi connectivity index (χ4v) is 7.44. The van der Waals surface area contributed by atoms with Gasteiger partial charge >= 0.3 is 10.2 Å². The lowest BCUT2D eigenvalue weighted by Gasteiger charge is -2.33. The van der Waals surface area contributed by atoms with Gasteiger partial charge < -0.3 is 14.2 Å². The minimum absolute atomic E-state index is 0.110. The Morgan fingerprint density at radius 2 is 1.68 bits per heavy atom. The third-order valence-electron chi connectivity index (χ3n) is 9.23. The quantitative estimate of drug-likeness (QED) is 0.471. The number of hydrogen-bond acceptors (Lipinski definition) is 6. The van der Waals surface area contributed by atoms with Crippen molar-refractivity contribution < 1.29 is 17.9 Å². The number of amides is 1. The van der Waals surface area contributed by atoms with E-state index in [0.29, 0.717) is 31.2 Å². The molecule has 1 aromatic heterocycles. The fourth-order valence-electron chi connectivity index (χ4n) is 6.61. The Bertz CT molecular complexity index is 1550. The van der Waals surface area contributed by atoms with Gasteiger partial charge in [0.25, 0.3) is 5.91 Å². The summed E-state index contributed by atoms with van der Waals surface area (Å²) in [6.07, 6.45) is 5.95. The van der Waals surface area contributed by atoms with Gasteiger partial charge in [-0.25, -0.2) is 4.72 Å². The molecule has 3 heterocycles. The van der Waals surface area contributed by atoms with E-state index in [1.165, 1.54) is 41.9 Å². The van der Waals surface area contributed by atoms with Crippen molar-refractivity contribution in [3.63, 3.8) is 0 Å². The molecule has 2 aromatic carbocycles. The van der Waals surface area contributed by atoms with Gasteiger partial charge in [-0.2, -0.15) is 12.7 Å². The van der Waals surface area contributed by atoms with Gasteiger partial charge in [0.15, 0.2) is 0 Å². The standard InChI is InChI=1S/C31H41N5O4S/c1-33-15-17-34(2)24-20-36-27-19-23(31(37)32-41(38,39)35(3)18-16-33)13-14-25(27)29(22-9-5-4-6-10-22)30(36)26-11-7-8-12-28(26)40-21-24/h7-8,11-14,19,22,24H,4-6,9-10,15-18,20-21H2,1-3H3,(H,32,37). The van der Waals surface area contributed by atoms with Gasteiger partial charge in [-0.1, -0.05) is 37.5 Å². The Morgan fingerprint density at radius 3 is 2.49 bits per heavy atom. The van der Waals surface area contributed by atoms with Crippen molar-refractivity contribution >= 4 is 27.0 Å². The molecule has 1 amide bonds. The van der Waals surface area contributed by atoms with Crippen molar-refractivity contribution in [1.29, 1.82) is 0 Å². The number of rotatable bonds is 1. The minimum atomic E-state index is -3.98. The van der Waals surface area contributed by atoms with E-state index in [2.05, 4.69) is 44.3 Å². The largest absolute Gasteiger partial charge is 0.491 e.